The maximum Gasteiger partial charge on any atom is 0.253 e. The molecule has 0 aliphatic rings. The van der Waals surface area contributed by atoms with E-state index >= 15 is 0 Å². The Balaban J connectivity index is 2.09. The van der Waals surface area contributed by atoms with Crippen molar-refractivity contribution in [3.63, 3.8) is 0 Å². The monoisotopic (exact) mass is 307 g/mol. The lowest BCUT2D eigenvalue weighted by molar-refractivity contribution is 0.0951. The maximum absolute atomic E-state index is 12.2. The molecule has 0 aliphatic carbocycles. The van der Waals surface area contributed by atoms with Crippen molar-refractivity contribution in [3.8, 4) is 0 Å². The lowest BCUT2D eigenvalue weighted by Crippen LogP contribution is -2.23. The number of pyridine rings is 1. The van der Waals surface area contributed by atoms with Gasteiger partial charge in [-0.1, -0.05) is 11.6 Å². The second kappa shape index (κ2) is 6.58. The molecule has 0 fully saturated rings. The van der Waals surface area contributed by atoms with E-state index in [2.05, 4.69) is 20.7 Å². The molecule has 2 aromatic rings. The third kappa shape index (κ3) is 3.52. The van der Waals surface area contributed by atoms with Crippen LogP contribution in [-0.2, 0) is 13.6 Å². The van der Waals surface area contributed by atoms with E-state index < -0.39 is 0 Å². The molecule has 0 aliphatic heterocycles. The lowest BCUT2D eigenvalue weighted by atomic mass is 10.2. The van der Waals surface area contributed by atoms with Gasteiger partial charge in [0.1, 0.15) is 5.82 Å². The van der Waals surface area contributed by atoms with Gasteiger partial charge in [-0.2, -0.15) is 5.10 Å². The Morgan fingerprint density at radius 3 is 2.81 bits per heavy atom. The molecule has 2 rings (SSSR count). The average Bonchev–Trinajstić information content (AvgIpc) is 2.78. The molecule has 21 heavy (non-hydrogen) atoms. The number of amides is 1. The van der Waals surface area contributed by atoms with Crippen LogP contribution in [0.15, 0.2) is 18.5 Å². The molecule has 112 valence electrons. The summed E-state index contributed by atoms with van der Waals surface area (Å²) in [7, 11) is 1.86. The lowest BCUT2D eigenvalue weighted by Gasteiger charge is -2.09. The molecule has 0 saturated carbocycles. The number of halogens is 1. The Kier molecular flexibility index (Phi) is 4.80. The van der Waals surface area contributed by atoms with E-state index in [1.165, 1.54) is 6.20 Å². The number of hydrogen-bond acceptors (Lipinski definition) is 4. The van der Waals surface area contributed by atoms with Crippen molar-refractivity contribution in [3.05, 3.63) is 40.3 Å². The normalized spacial score (nSPS) is 10.5. The van der Waals surface area contributed by atoms with Gasteiger partial charge in [0.05, 0.1) is 16.8 Å². The summed E-state index contributed by atoms with van der Waals surface area (Å²) in [5.74, 6) is 0.398. The third-order valence-electron chi connectivity index (χ3n) is 3.23. The van der Waals surface area contributed by atoms with Gasteiger partial charge in [-0.25, -0.2) is 4.98 Å². The number of hydrogen-bond donors (Lipinski definition) is 2. The van der Waals surface area contributed by atoms with Gasteiger partial charge in [-0.15, -0.1) is 0 Å². The standard InChI is InChI=1S/C14H18ClN5O/c1-4-16-13-5-11(12(15)8-17-13)14(21)18-6-10-7-19-20(3)9(10)2/h5,7-8H,4,6H2,1-3H3,(H,16,17)(H,18,21). The first-order chi connectivity index (χ1) is 10.0. The van der Waals surface area contributed by atoms with Crippen LogP contribution in [0.25, 0.3) is 0 Å². The number of carbonyl (C=O) groups excluding carboxylic acids is 1. The first-order valence-electron chi connectivity index (χ1n) is 6.68. The maximum atomic E-state index is 12.2. The van der Waals surface area contributed by atoms with Crippen LogP contribution in [0.4, 0.5) is 5.82 Å². The molecule has 2 N–H and O–H groups in total. The fraction of sp³-hybridized carbons (Fsp3) is 0.357. The van der Waals surface area contributed by atoms with E-state index in [-0.39, 0.29) is 5.91 Å². The molecular formula is C14H18ClN5O. The second-order valence-electron chi connectivity index (χ2n) is 4.64. The number of rotatable bonds is 5. The van der Waals surface area contributed by atoms with Crippen LogP contribution in [0.3, 0.4) is 0 Å². The summed E-state index contributed by atoms with van der Waals surface area (Å²) < 4.78 is 1.77. The molecular weight excluding hydrogens is 290 g/mol. The van der Waals surface area contributed by atoms with Gasteiger partial charge in [0.2, 0.25) is 0 Å². The zero-order chi connectivity index (χ0) is 15.4. The largest absolute Gasteiger partial charge is 0.370 e. The van der Waals surface area contributed by atoms with Crippen LogP contribution in [0, 0.1) is 6.92 Å². The Morgan fingerprint density at radius 2 is 2.19 bits per heavy atom. The second-order valence-corrected chi connectivity index (χ2v) is 5.05. The molecule has 0 saturated heterocycles. The molecule has 2 heterocycles. The van der Waals surface area contributed by atoms with Crippen molar-refractivity contribution in [2.75, 3.05) is 11.9 Å². The molecule has 7 heteroatoms. The predicted molar refractivity (Wildman–Crippen MR) is 82.5 cm³/mol. The van der Waals surface area contributed by atoms with Crippen molar-refractivity contribution < 1.29 is 4.79 Å². The zero-order valence-corrected chi connectivity index (χ0v) is 13.0. The van der Waals surface area contributed by atoms with Crippen LogP contribution in [0.5, 0.6) is 0 Å². The number of nitrogens with one attached hydrogen (secondary N) is 2. The zero-order valence-electron chi connectivity index (χ0n) is 12.3. The Bertz CT molecular complexity index is 653. The summed E-state index contributed by atoms with van der Waals surface area (Å²) in [5, 5.41) is 10.4. The van der Waals surface area contributed by atoms with Gasteiger partial charge in [0.15, 0.2) is 0 Å². The summed E-state index contributed by atoms with van der Waals surface area (Å²) in [6.45, 7) is 5.05. The Labute approximate surface area is 128 Å². The fourth-order valence-corrected chi connectivity index (χ4v) is 2.07. The van der Waals surface area contributed by atoms with Gasteiger partial charge in [-0.3, -0.25) is 9.48 Å². The number of aryl methyl sites for hydroxylation is 1. The van der Waals surface area contributed by atoms with Crippen LogP contribution in [0.1, 0.15) is 28.5 Å². The number of nitrogens with zero attached hydrogens (tertiary/aromatic N) is 3. The highest BCUT2D eigenvalue weighted by atomic mass is 35.5. The highest BCUT2D eigenvalue weighted by Crippen LogP contribution is 2.18. The van der Waals surface area contributed by atoms with Crippen LogP contribution in [-0.4, -0.2) is 27.2 Å². The van der Waals surface area contributed by atoms with E-state index in [0.29, 0.717) is 22.9 Å². The first kappa shape index (κ1) is 15.3. The Hall–Kier alpha value is -2.08. The van der Waals surface area contributed by atoms with Gasteiger partial charge >= 0.3 is 0 Å². The van der Waals surface area contributed by atoms with E-state index in [9.17, 15) is 4.79 Å². The highest BCUT2D eigenvalue weighted by Gasteiger charge is 2.13. The minimum atomic E-state index is -0.232. The van der Waals surface area contributed by atoms with E-state index in [0.717, 1.165) is 17.8 Å². The van der Waals surface area contributed by atoms with Gasteiger partial charge < -0.3 is 10.6 Å². The topological polar surface area (TPSA) is 71.8 Å². The number of carbonyl (C=O) groups is 1. The molecule has 1 amide bonds. The summed E-state index contributed by atoms with van der Waals surface area (Å²) in [6.07, 6.45) is 3.22. The molecule has 0 bridgehead atoms. The third-order valence-corrected chi connectivity index (χ3v) is 3.54. The quantitative estimate of drug-likeness (QED) is 0.888. The summed E-state index contributed by atoms with van der Waals surface area (Å²) in [6, 6.07) is 1.65. The fourth-order valence-electron chi connectivity index (χ4n) is 1.88. The molecule has 0 unspecified atom stereocenters. The molecule has 0 aromatic carbocycles. The average molecular weight is 308 g/mol. The first-order valence-corrected chi connectivity index (χ1v) is 7.05. The van der Waals surface area contributed by atoms with Crippen LogP contribution < -0.4 is 10.6 Å². The van der Waals surface area contributed by atoms with Crippen molar-refractivity contribution >= 4 is 23.3 Å². The van der Waals surface area contributed by atoms with Gasteiger partial charge in [-0.05, 0) is 19.9 Å². The van der Waals surface area contributed by atoms with E-state index in [1.807, 2.05) is 20.9 Å². The van der Waals surface area contributed by atoms with Crippen LogP contribution in [0.2, 0.25) is 5.02 Å². The van der Waals surface area contributed by atoms with E-state index in [4.69, 9.17) is 11.6 Å². The van der Waals surface area contributed by atoms with Crippen molar-refractivity contribution in [2.24, 2.45) is 7.05 Å². The molecule has 0 radical (unpaired) electrons. The van der Waals surface area contributed by atoms with Crippen LogP contribution >= 0.6 is 11.6 Å². The van der Waals surface area contributed by atoms with Crippen molar-refractivity contribution in [1.82, 2.24) is 20.1 Å². The minimum Gasteiger partial charge on any atom is -0.370 e. The van der Waals surface area contributed by atoms with E-state index in [1.54, 1.807) is 16.9 Å². The predicted octanol–water partition coefficient (Wildman–Crippen LogP) is 2.14. The number of aromatic nitrogens is 3. The summed E-state index contributed by atoms with van der Waals surface area (Å²) in [5.41, 5.74) is 2.40. The smallest absolute Gasteiger partial charge is 0.253 e. The van der Waals surface area contributed by atoms with Crippen molar-refractivity contribution in [1.29, 1.82) is 0 Å². The molecule has 2 aromatic heterocycles. The highest BCUT2D eigenvalue weighted by molar-refractivity contribution is 6.33. The Morgan fingerprint density at radius 1 is 1.43 bits per heavy atom. The van der Waals surface area contributed by atoms with Gasteiger partial charge in [0.25, 0.3) is 5.91 Å². The molecule has 6 nitrogen and oxygen atoms in total. The van der Waals surface area contributed by atoms with Crippen molar-refractivity contribution in [2.45, 2.75) is 20.4 Å². The summed E-state index contributed by atoms with van der Waals surface area (Å²) in [4.78, 5) is 16.3. The summed E-state index contributed by atoms with van der Waals surface area (Å²) >= 11 is 6.04. The molecule has 0 atom stereocenters. The van der Waals surface area contributed by atoms with Gasteiger partial charge in [0, 0.05) is 37.6 Å². The minimum absolute atomic E-state index is 0.232. The SMILES string of the molecule is CCNc1cc(C(=O)NCc2cnn(C)c2C)c(Cl)cn1. The molecule has 0 spiro atoms. The number of anilines is 1.